The molecule has 0 amide bonds. The molecule has 1 heteroatoms. The van der Waals surface area contributed by atoms with E-state index in [0.717, 1.165) is 11.3 Å². The van der Waals surface area contributed by atoms with Crippen molar-refractivity contribution in [1.29, 1.82) is 0 Å². The normalized spacial score (nSPS) is 12.2. The largest absolute Gasteiger partial charge is 0.497 e. The van der Waals surface area contributed by atoms with Crippen LogP contribution in [0.5, 0.6) is 0 Å². The Morgan fingerprint density at radius 1 is 1.36 bits per heavy atom. The number of ether oxygens (including phenoxy) is 1. The Hall–Kier alpha value is -1.24. The van der Waals surface area contributed by atoms with Crippen LogP contribution in [0.3, 0.4) is 0 Å². The van der Waals surface area contributed by atoms with Crippen LogP contribution in [0.4, 0.5) is 0 Å². The quantitative estimate of drug-likeness (QED) is 0.656. The smallest absolute Gasteiger partial charge is 0.118 e. The summed E-state index contributed by atoms with van der Waals surface area (Å²) in [7, 11) is 1.64. The van der Waals surface area contributed by atoms with Gasteiger partial charge >= 0.3 is 0 Å². The third-order valence-electron chi connectivity index (χ3n) is 2.66. The number of methoxy groups -OCH3 is 1. The molecular weight excluding hydrogens is 172 g/mol. The lowest BCUT2D eigenvalue weighted by atomic mass is 9.97. The van der Waals surface area contributed by atoms with Crippen molar-refractivity contribution in [2.75, 3.05) is 7.11 Å². The first-order valence-electron chi connectivity index (χ1n) is 5.02. The maximum atomic E-state index is 5.07. The summed E-state index contributed by atoms with van der Waals surface area (Å²) < 4.78 is 5.07. The highest BCUT2D eigenvalue weighted by atomic mass is 16.5. The summed E-state index contributed by atoms with van der Waals surface area (Å²) in [4.78, 5) is 0. The van der Waals surface area contributed by atoms with Gasteiger partial charge < -0.3 is 4.74 Å². The summed E-state index contributed by atoms with van der Waals surface area (Å²) in [5.74, 6) is 1.35. The van der Waals surface area contributed by atoms with E-state index in [-0.39, 0.29) is 0 Å². The molecule has 1 unspecified atom stereocenters. The van der Waals surface area contributed by atoms with Crippen molar-refractivity contribution in [2.45, 2.75) is 26.2 Å². The van der Waals surface area contributed by atoms with Gasteiger partial charge in [-0.15, -0.1) is 0 Å². The lowest BCUT2D eigenvalue weighted by Gasteiger charge is -2.10. The average Bonchev–Trinajstić information content (AvgIpc) is 2.27. The number of rotatable bonds is 4. The predicted octanol–water partition coefficient (Wildman–Crippen LogP) is 3.82. The van der Waals surface area contributed by atoms with E-state index in [0.29, 0.717) is 5.92 Å². The van der Waals surface area contributed by atoms with E-state index in [2.05, 4.69) is 44.7 Å². The second-order valence-corrected chi connectivity index (χ2v) is 3.56. The van der Waals surface area contributed by atoms with E-state index in [1.54, 1.807) is 7.11 Å². The van der Waals surface area contributed by atoms with Gasteiger partial charge in [0.25, 0.3) is 0 Å². The molecule has 1 rings (SSSR count). The molecule has 0 bridgehead atoms. The molecule has 1 aromatic carbocycles. The summed E-state index contributed by atoms with van der Waals surface area (Å²) in [5.41, 5.74) is 2.43. The zero-order valence-electron chi connectivity index (χ0n) is 9.21. The summed E-state index contributed by atoms with van der Waals surface area (Å²) in [6.07, 6.45) is 1.17. The first kappa shape index (κ1) is 10.8. The summed E-state index contributed by atoms with van der Waals surface area (Å²) in [5, 5.41) is 0. The Kier molecular flexibility index (Phi) is 3.75. The van der Waals surface area contributed by atoms with Crippen LogP contribution in [-0.4, -0.2) is 7.11 Å². The zero-order valence-corrected chi connectivity index (χ0v) is 9.21. The Bertz CT molecular complexity index is 298. The summed E-state index contributed by atoms with van der Waals surface area (Å²) >= 11 is 0. The van der Waals surface area contributed by atoms with E-state index in [4.69, 9.17) is 4.74 Å². The van der Waals surface area contributed by atoms with Crippen LogP contribution in [0.1, 0.15) is 37.3 Å². The first-order valence-corrected chi connectivity index (χ1v) is 5.02. The molecular formula is C13H18O. The molecule has 0 aromatic heterocycles. The summed E-state index contributed by atoms with van der Waals surface area (Å²) in [6, 6.07) is 8.42. The van der Waals surface area contributed by atoms with Crippen LogP contribution in [0.15, 0.2) is 30.8 Å². The van der Waals surface area contributed by atoms with Gasteiger partial charge in [-0.05, 0) is 17.9 Å². The van der Waals surface area contributed by atoms with Gasteiger partial charge in [-0.25, -0.2) is 0 Å². The molecule has 0 aliphatic carbocycles. The van der Waals surface area contributed by atoms with Gasteiger partial charge in [0.05, 0.1) is 7.11 Å². The van der Waals surface area contributed by atoms with Gasteiger partial charge in [0.1, 0.15) is 5.76 Å². The maximum Gasteiger partial charge on any atom is 0.118 e. The molecule has 76 valence electrons. The topological polar surface area (TPSA) is 9.23 Å². The fraction of sp³-hybridized carbons (Fsp3) is 0.385. The van der Waals surface area contributed by atoms with Gasteiger partial charge in [0, 0.05) is 5.56 Å². The highest BCUT2D eigenvalue weighted by Gasteiger charge is 2.03. The zero-order chi connectivity index (χ0) is 10.6. The SMILES string of the molecule is C=C(OC)c1ccc(C(C)CC)cc1. The van der Waals surface area contributed by atoms with Crippen molar-refractivity contribution >= 4 is 5.76 Å². The van der Waals surface area contributed by atoms with Crippen molar-refractivity contribution in [2.24, 2.45) is 0 Å². The molecule has 0 N–H and O–H groups in total. The van der Waals surface area contributed by atoms with Crippen molar-refractivity contribution in [3.8, 4) is 0 Å². The van der Waals surface area contributed by atoms with Crippen LogP contribution in [0.2, 0.25) is 0 Å². The van der Waals surface area contributed by atoms with Crippen molar-refractivity contribution < 1.29 is 4.74 Å². The van der Waals surface area contributed by atoms with E-state index in [9.17, 15) is 0 Å². The number of benzene rings is 1. The van der Waals surface area contributed by atoms with Crippen molar-refractivity contribution in [1.82, 2.24) is 0 Å². The van der Waals surface area contributed by atoms with Gasteiger partial charge in [-0.3, -0.25) is 0 Å². The molecule has 0 saturated carbocycles. The number of hydrogen-bond acceptors (Lipinski definition) is 1. The number of hydrogen-bond donors (Lipinski definition) is 0. The van der Waals surface area contributed by atoms with Gasteiger partial charge in [0.15, 0.2) is 0 Å². The maximum absolute atomic E-state index is 5.07. The third kappa shape index (κ3) is 2.38. The molecule has 1 nitrogen and oxygen atoms in total. The van der Waals surface area contributed by atoms with Crippen LogP contribution >= 0.6 is 0 Å². The Morgan fingerprint density at radius 3 is 2.36 bits per heavy atom. The van der Waals surface area contributed by atoms with Crippen LogP contribution in [-0.2, 0) is 4.74 Å². The third-order valence-corrected chi connectivity index (χ3v) is 2.66. The highest BCUT2D eigenvalue weighted by Crippen LogP contribution is 2.21. The fourth-order valence-corrected chi connectivity index (χ4v) is 1.35. The van der Waals surface area contributed by atoms with Crippen LogP contribution in [0.25, 0.3) is 5.76 Å². The first-order chi connectivity index (χ1) is 6.69. The Morgan fingerprint density at radius 2 is 1.93 bits per heavy atom. The minimum atomic E-state index is 0.625. The minimum Gasteiger partial charge on any atom is -0.497 e. The second kappa shape index (κ2) is 4.85. The van der Waals surface area contributed by atoms with Crippen LogP contribution < -0.4 is 0 Å². The standard InChI is InChI=1S/C13H18O/c1-5-10(2)12-6-8-13(9-7-12)11(3)14-4/h6-10H,3,5H2,1-2,4H3. The summed E-state index contributed by atoms with van der Waals surface area (Å²) in [6.45, 7) is 8.25. The molecule has 14 heavy (non-hydrogen) atoms. The van der Waals surface area contributed by atoms with Crippen molar-refractivity contribution in [3.05, 3.63) is 42.0 Å². The lowest BCUT2D eigenvalue weighted by Crippen LogP contribution is -1.92. The van der Waals surface area contributed by atoms with E-state index in [1.807, 2.05) is 0 Å². The van der Waals surface area contributed by atoms with Crippen molar-refractivity contribution in [3.63, 3.8) is 0 Å². The molecule has 0 aliphatic heterocycles. The molecule has 1 aromatic rings. The van der Waals surface area contributed by atoms with Crippen LogP contribution in [0, 0.1) is 0 Å². The second-order valence-electron chi connectivity index (χ2n) is 3.56. The Labute approximate surface area is 86.4 Å². The monoisotopic (exact) mass is 190 g/mol. The average molecular weight is 190 g/mol. The predicted molar refractivity (Wildman–Crippen MR) is 61.2 cm³/mol. The minimum absolute atomic E-state index is 0.625. The highest BCUT2D eigenvalue weighted by molar-refractivity contribution is 5.57. The van der Waals surface area contributed by atoms with E-state index in [1.165, 1.54) is 12.0 Å². The molecule has 0 saturated heterocycles. The van der Waals surface area contributed by atoms with Gasteiger partial charge in [-0.1, -0.05) is 44.7 Å². The molecule has 0 heterocycles. The molecule has 0 aliphatic rings. The molecule has 0 fully saturated rings. The fourth-order valence-electron chi connectivity index (χ4n) is 1.35. The molecule has 1 atom stereocenters. The lowest BCUT2D eigenvalue weighted by molar-refractivity contribution is 0.371. The van der Waals surface area contributed by atoms with E-state index < -0.39 is 0 Å². The van der Waals surface area contributed by atoms with E-state index >= 15 is 0 Å². The Balaban J connectivity index is 2.83. The molecule has 0 radical (unpaired) electrons. The van der Waals surface area contributed by atoms with Gasteiger partial charge in [-0.2, -0.15) is 0 Å². The van der Waals surface area contributed by atoms with Gasteiger partial charge in [0.2, 0.25) is 0 Å². The molecule has 0 spiro atoms.